The summed E-state index contributed by atoms with van der Waals surface area (Å²) in [6.07, 6.45) is 4.13. The average molecular weight is 245 g/mol. The molecule has 1 rings (SSSR count). The van der Waals surface area contributed by atoms with E-state index in [1.807, 2.05) is 11.8 Å². The van der Waals surface area contributed by atoms with E-state index < -0.39 is 0 Å². The van der Waals surface area contributed by atoms with Crippen LogP contribution in [0.25, 0.3) is 0 Å². The minimum atomic E-state index is 0.147. The first-order valence-corrected chi connectivity index (χ1v) is 7.38. The van der Waals surface area contributed by atoms with E-state index in [0.717, 1.165) is 25.2 Å². The average Bonchev–Trinajstić information content (AvgIpc) is 2.78. The van der Waals surface area contributed by atoms with E-state index >= 15 is 0 Å². The van der Waals surface area contributed by atoms with Crippen LogP contribution in [-0.2, 0) is 9.53 Å². The van der Waals surface area contributed by atoms with Gasteiger partial charge in [-0.2, -0.15) is 11.8 Å². The maximum Gasteiger partial charge on any atom is 0.152 e. The van der Waals surface area contributed by atoms with Crippen LogP contribution in [0.1, 0.15) is 19.8 Å². The fourth-order valence-corrected chi connectivity index (χ4v) is 2.92. The Morgan fingerprint density at radius 3 is 2.88 bits per heavy atom. The van der Waals surface area contributed by atoms with Crippen LogP contribution in [0, 0.1) is 5.92 Å². The highest BCUT2D eigenvalue weighted by atomic mass is 32.2. The topological polar surface area (TPSA) is 29.5 Å². The monoisotopic (exact) mass is 245 g/mol. The number of nitrogens with zero attached hydrogens (tertiary/aromatic N) is 1. The van der Waals surface area contributed by atoms with Crippen molar-refractivity contribution >= 4 is 17.5 Å². The first-order chi connectivity index (χ1) is 7.69. The highest BCUT2D eigenvalue weighted by molar-refractivity contribution is 7.98. The van der Waals surface area contributed by atoms with Gasteiger partial charge in [0.2, 0.25) is 0 Å². The summed E-state index contributed by atoms with van der Waals surface area (Å²) in [5.74, 6) is 1.59. The van der Waals surface area contributed by atoms with Gasteiger partial charge in [-0.15, -0.1) is 0 Å². The van der Waals surface area contributed by atoms with Crippen molar-refractivity contribution < 1.29 is 9.53 Å². The number of thioether (sulfide) groups is 1. The lowest BCUT2D eigenvalue weighted by molar-refractivity contribution is -0.124. The number of rotatable bonds is 7. The maximum atomic E-state index is 12.0. The second-order valence-electron chi connectivity index (χ2n) is 4.46. The Bertz CT molecular complexity index is 217. The maximum absolute atomic E-state index is 12.0. The van der Waals surface area contributed by atoms with Crippen molar-refractivity contribution in [2.45, 2.75) is 25.8 Å². The van der Waals surface area contributed by atoms with Crippen LogP contribution in [0.4, 0.5) is 0 Å². The predicted molar refractivity (Wildman–Crippen MR) is 69.0 cm³/mol. The van der Waals surface area contributed by atoms with Gasteiger partial charge in [0.15, 0.2) is 5.78 Å². The lowest BCUT2D eigenvalue weighted by Gasteiger charge is -2.26. The number of hydrogen-bond donors (Lipinski definition) is 0. The molecule has 1 aliphatic heterocycles. The van der Waals surface area contributed by atoms with Gasteiger partial charge in [-0.1, -0.05) is 6.92 Å². The molecule has 2 unspecified atom stereocenters. The van der Waals surface area contributed by atoms with Gasteiger partial charge in [-0.05, 0) is 26.1 Å². The second-order valence-corrected chi connectivity index (χ2v) is 5.37. The van der Waals surface area contributed by atoms with Crippen LogP contribution >= 0.6 is 11.8 Å². The highest BCUT2D eigenvalue weighted by Gasteiger charge is 2.25. The number of likely N-dealkylation sites (N-methyl/N-ethyl adjacent to an activating group) is 1. The number of hydrogen-bond acceptors (Lipinski definition) is 4. The van der Waals surface area contributed by atoms with Crippen molar-refractivity contribution in [3.63, 3.8) is 0 Å². The molecule has 0 bridgehead atoms. The van der Waals surface area contributed by atoms with Crippen LogP contribution < -0.4 is 0 Å². The van der Waals surface area contributed by atoms with Gasteiger partial charge < -0.3 is 4.74 Å². The van der Waals surface area contributed by atoms with Crippen LogP contribution in [0.2, 0.25) is 0 Å². The number of Topliss-reactive ketones (excluding diaryl/α,β-unsaturated/α-hetero) is 1. The molecule has 4 heteroatoms. The molecule has 1 heterocycles. The molecule has 3 nitrogen and oxygen atoms in total. The predicted octanol–water partition coefficient (Wildman–Crippen LogP) is 1.67. The summed E-state index contributed by atoms with van der Waals surface area (Å²) in [6.45, 7) is 4.14. The van der Waals surface area contributed by atoms with Crippen LogP contribution in [-0.4, -0.2) is 55.5 Å². The number of carbonyl (C=O) groups is 1. The SMILES string of the molecule is CCC(CSC)N(C)CC(=O)C1CCOC1. The smallest absolute Gasteiger partial charge is 0.152 e. The summed E-state index contributed by atoms with van der Waals surface area (Å²) in [6, 6.07) is 0.515. The third-order valence-electron chi connectivity index (χ3n) is 3.24. The molecule has 1 fully saturated rings. The van der Waals surface area contributed by atoms with E-state index in [2.05, 4.69) is 25.1 Å². The molecule has 0 N–H and O–H groups in total. The highest BCUT2D eigenvalue weighted by Crippen LogP contribution is 2.15. The zero-order valence-corrected chi connectivity index (χ0v) is 11.4. The van der Waals surface area contributed by atoms with E-state index in [9.17, 15) is 4.79 Å². The van der Waals surface area contributed by atoms with Crippen molar-refractivity contribution in [1.82, 2.24) is 4.90 Å². The molecule has 94 valence electrons. The molecule has 0 aromatic rings. The van der Waals surface area contributed by atoms with E-state index in [1.54, 1.807) is 0 Å². The molecule has 0 saturated carbocycles. The zero-order chi connectivity index (χ0) is 12.0. The molecule has 0 radical (unpaired) electrons. The van der Waals surface area contributed by atoms with Crippen molar-refractivity contribution in [2.75, 3.05) is 38.8 Å². The fraction of sp³-hybridized carbons (Fsp3) is 0.917. The van der Waals surface area contributed by atoms with Gasteiger partial charge >= 0.3 is 0 Å². The van der Waals surface area contributed by atoms with Gasteiger partial charge in [0, 0.05) is 24.3 Å². The Hall–Kier alpha value is -0.0600. The minimum Gasteiger partial charge on any atom is -0.381 e. The molecule has 0 aromatic carbocycles. The molecule has 0 aliphatic carbocycles. The first-order valence-electron chi connectivity index (χ1n) is 5.98. The van der Waals surface area contributed by atoms with Gasteiger partial charge in [0.25, 0.3) is 0 Å². The molecular formula is C12H23NO2S. The molecule has 1 saturated heterocycles. The zero-order valence-electron chi connectivity index (χ0n) is 10.6. The molecule has 0 spiro atoms. The number of ether oxygens (including phenoxy) is 1. The van der Waals surface area contributed by atoms with Crippen LogP contribution in [0.5, 0.6) is 0 Å². The van der Waals surface area contributed by atoms with Crippen molar-refractivity contribution in [3.05, 3.63) is 0 Å². The third-order valence-corrected chi connectivity index (χ3v) is 3.96. The summed E-state index contributed by atoms with van der Waals surface area (Å²) in [4.78, 5) is 14.1. The van der Waals surface area contributed by atoms with E-state index in [-0.39, 0.29) is 5.92 Å². The largest absolute Gasteiger partial charge is 0.381 e. The number of ketones is 1. The Labute approximate surface area is 103 Å². The van der Waals surface area contributed by atoms with Crippen molar-refractivity contribution in [1.29, 1.82) is 0 Å². The van der Waals surface area contributed by atoms with E-state index in [1.165, 1.54) is 0 Å². The Kier molecular flexibility index (Phi) is 6.39. The van der Waals surface area contributed by atoms with E-state index in [4.69, 9.17) is 4.74 Å². The molecular weight excluding hydrogens is 222 g/mol. The third kappa shape index (κ3) is 4.07. The first kappa shape index (κ1) is 14.0. The van der Waals surface area contributed by atoms with Crippen LogP contribution in [0.15, 0.2) is 0 Å². The van der Waals surface area contributed by atoms with E-state index in [0.29, 0.717) is 25.0 Å². The Morgan fingerprint density at radius 1 is 1.62 bits per heavy atom. The molecule has 2 atom stereocenters. The lowest BCUT2D eigenvalue weighted by atomic mass is 10.0. The Morgan fingerprint density at radius 2 is 2.38 bits per heavy atom. The molecule has 0 aromatic heterocycles. The fourth-order valence-electron chi connectivity index (χ4n) is 2.04. The lowest BCUT2D eigenvalue weighted by Crippen LogP contribution is -2.39. The summed E-state index contributed by atoms with van der Waals surface area (Å²) in [7, 11) is 2.05. The van der Waals surface area contributed by atoms with Crippen molar-refractivity contribution in [3.8, 4) is 0 Å². The standard InChI is InChI=1S/C12H23NO2S/c1-4-11(9-16-3)13(2)7-12(14)10-5-6-15-8-10/h10-11H,4-9H2,1-3H3. The second kappa shape index (κ2) is 7.30. The van der Waals surface area contributed by atoms with Gasteiger partial charge in [-0.3, -0.25) is 9.69 Å². The van der Waals surface area contributed by atoms with Gasteiger partial charge in [0.05, 0.1) is 13.2 Å². The van der Waals surface area contributed by atoms with Gasteiger partial charge in [-0.25, -0.2) is 0 Å². The molecule has 0 amide bonds. The van der Waals surface area contributed by atoms with Crippen LogP contribution in [0.3, 0.4) is 0 Å². The summed E-state index contributed by atoms with van der Waals surface area (Å²) in [5.41, 5.74) is 0. The Balaban J connectivity index is 2.36. The van der Waals surface area contributed by atoms with Gasteiger partial charge in [0.1, 0.15) is 0 Å². The minimum absolute atomic E-state index is 0.147. The quantitative estimate of drug-likeness (QED) is 0.682. The van der Waals surface area contributed by atoms with Crippen molar-refractivity contribution in [2.24, 2.45) is 5.92 Å². The molecule has 1 aliphatic rings. The summed E-state index contributed by atoms with van der Waals surface area (Å²) in [5, 5.41) is 0. The normalized spacial score (nSPS) is 22.6. The summed E-state index contributed by atoms with van der Waals surface area (Å²) >= 11 is 1.84. The number of carbonyl (C=O) groups excluding carboxylic acids is 1. The summed E-state index contributed by atoms with van der Waals surface area (Å²) < 4.78 is 5.25. The molecule has 16 heavy (non-hydrogen) atoms.